The van der Waals surface area contributed by atoms with E-state index in [1.54, 1.807) is 0 Å². The maximum absolute atomic E-state index is 4.26. The van der Waals surface area contributed by atoms with Gasteiger partial charge in [-0.3, -0.25) is 42.5 Å². The van der Waals surface area contributed by atoms with E-state index in [1.165, 1.54) is 103 Å². The van der Waals surface area contributed by atoms with Gasteiger partial charge in [0.2, 0.25) is 0 Å². The first kappa shape index (κ1) is 31.7. The van der Waals surface area contributed by atoms with Crippen LogP contribution in [0, 0.1) is 47.3 Å². The third-order valence-corrected chi connectivity index (χ3v) is 13.8. The van der Waals surface area contributed by atoms with Crippen LogP contribution >= 0.6 is 0 Å². The van der Waals surface area contributed by atoms with E-state index in [-0.39, 0.29) is 46.4 Å². The molecule has 0 aromatic rings. The van der Waals surface area contributed by atoms with E-state index in [2.05, 4.69) is 42.5 Å². The summed E-state index contributed by atoms with van der Waals surface area (Å²) >= 11 is 0. The Kier molecular flexibility index (Phi) is 10.1. The van der Waals surface area contributed by atoms with E-state index in [4.69, 9.17) is 0 Å². The summed E-state index contributed by atoms with van der Waals surface area (Å²) in [6, 6.07) is 0. The van der Waals surface area contributed by atoms with Crippen LogP contribution in [-0.2, 0) is 22.4 Å². The van der Waals surface area contributed by atoms with Gasteiger partial charge in [-0.1, -0.05) is 51.4 Å². The first-order valence-corrected chi connectivity index (χ1v) is 17.9. The van der Waals surface area contributed by atoms with Gasteiger partial charge in [0.1, 0.15) is 0 Å². The first-order valence-electron chi connectivity index (χ1n) is 17.9. The molecule has 9 rings (SSSR count). The molecule has 8 atom stereocenters. The molecule has 242 valence electrons. The van der Waals surface area contributed by atoms with Crippen LogP contribution in [0.5, 0.6) is 0 Å². The van der Waals surface area contributed by atoms with Crippen LogP contribution in [-0.4, -0.2) is 49.3 Å². The third kappa shape index (κ3) is 5.57. The van der Waals surface area contributed by atoms with Gasteiger partial charge in [-0.2, -0.15) is 0 Å². The Balaban J connectivity index is 0.00000144. The van der Waals surface area contributed by atoms with Gasteiger partial charge in [-0.25, -0.2) is 0 Å². The molecule has 0 radical (unpaired) electrons. The molecule has 4 aliphatic carbocycles. The van der Waals surface area contributed by atoms with Crippen molar-refractivity contribution in [1.29, 1.82) is 0 Å². The first-order chi connectivity index (χ1) is 19.8. The molecule has 0 amide bonds. The molecular formula is C32H56AgIN8. The smallest absolute Gasteiger partial charge is 1.00 e. The van der Waals surface area contributed by atoms with Gasteiger partial charge >= 0.3 is 22.4 Å². The predicted octanol–water partition coefficient (Wildman–Crippen LogP) is -0.393. The fourth-order valence-corrected chi connectivity index (χ4v) is 12.0. The van der Waals surface area contributed by atoms with Crippen molar-refractivity contribution in [2.45, 2.75) is 152 Å². The summed E-state index contributed by atoms with van der Waals surface area (Å²) in [5, 5.41) is 33.8. The van der Waals surface area contributed by atoms with Gasteiger partial charge in [0.15, 0.2) is 0 Å². The monoisotopic (exact) mass is 786 g/mol. The van der Waals surface area contributed by atoms with Gasteiger partial charge in [0, 0.05) is 0 Å². The van der Waals surface area contributed by atoms with Crippen LogP contribution in [0.2, 0.25) is 0 Å². The largest absolute Gasteiger partial charge is 1.00 e. The topological polar surface area (TPSA) is 96.2 Å². The number of rotatable bonds is 0. The van der Waals surface area contributed by atoms with Crippen molar-refractivity contribution in [3.05, 3.63) is 0 Å². The van der Waals surface area contributed by atoms with Gasteiger partial charge < -0.3 is 24.0 Å². The molecule has 8 nitrogen and oxygen atoms in total. The molecular weight excluding hydrogens is 731 g/mol. The van der Waals surface area contributed by atoms with E-state index >= 15 is 0 Å². The number of nitrogens with one attached hydrogen (secondary N) is 8. The molecule has 8 bridgehead atoms. The Morgan fingerprint density at radius 2 is 0.357 bits per heavy atom. The summed E-state index contributed by atoms with van der Waals surface area (Å²) in [6.45, 7) is 0. The van der Waals surface area contributed by atoms with Crippen LogP contribution in [0.15, 0.2) is 0 Å². The standard InChI is InChI=1S/C32H56N8.Ag.HI/c1-2-10-18-17(9-1)25-33-26(18)38-28-21-13-5-6-14-22(21)30(35-28)40-32-24-16-8-7-15-23(24)31(36-32)39-29-20-12-4-3-11-19(20)27(34-29)37-25;;/h17-40H,1-16H2;;1H/q;+1;/p-1. The van der Waals surface area contributed by atoms with E-state index in [0.29, 0.717) is 49.3 Å². The minimum absolute atomic E-state index is 0. The second-order valence-electron chi connectivity index (χ2n) is 15.6. The van der Waals surface area contributed by atoms with Gasteiger partial charge in [-0.05, 0) is 98.7 Å². The fraction of sp³-hybridized carbons (Fsp3) is 1.00. The maximum atomic E-state index is 4.26. The van der Waals surface area contributed by atoms with Crippen LogP contribution in [0.25, 0.3) is 0 Å². The van der Waals surface area contributed by atoms with Gasteiger partial charge in [-0.15, -0.1) is 0 Å². The Bertz CT molecular complexity index is 723. The van der Waals surface area contributed by atoms with E-state index in [9.17, 15) is 0 Å². The Labute approximate surface area is 286 Å². The molecule has 42 heavy (non-hydrogen) atoms. The summed E-state index contributed by atoms with van der Waals surface area (Å²) in [7, 11) is 0. The van der Waals surface area contributed by atoms with E-state index in [0.717, 1.165) is 47.3 Å². The summed E-state index contributed by atoms with van der Waals surface area (Å²) in [5.74, 6) is 5.97. The molecule has 0 spiro atoms. The molecule has 9 aliphatic rings. The molecule has 5 aliphatic heterocycles. The molecule has 8 unspecified atom stereocenters. The molecule has 8 N–H and O–H groups in total. The van der Waals surface area contributed by atoms with Crippen LogP contribution in [0.1, 0.15) is 103 Å². The second-order valence-corrected chi connectivity index (χ2v) is 15.6. The third-order valence-electron chi connectivity index (χ3n) is 13.8. The quantitative estimate of drug-likeness (QED) is 0.125. The molecule has 0 aromatic heterocycles. The molecule has 4 saturated carbocycles. The zero-order chi connectivity index (χ0) is 26.2. The van der Waals surface area contributed by atoms with Gasteiger partial charge in [0.05, 0.1) is 49.3 Å². The van der Waals surface area contributed by atoms with E-state index in [1.807, 2.05) is 0 Å². The molecule has 0 aromatic carbocycles. The van der Waals surface area contributed by atoms with Crippen molar-refractivity contribution in [2.24, 2.45) is 47.3 Å². The number of hydrogen-bond donors (Lipinski definition) is 8. The van der Waals surface area contributed by atoms with Crippen molar-refractivity contribution in [2.75, 3.05) is 0 Å². The van der Waals surface area contributed by atoms with Crippen molar-refractivity contribution in [3.63, 3.8) is 0 Å². The predicted molar refractivity (Wildman–Crippen MR) is 157 cm³/mol. The summed E-state index contributed by atoms with van der Waals surface area (Å²) in [5.41, 5.74) is 0. The van der Waals surface area contributed by atoms with Gasteiger partial charge in [0.25, 0.3) is 0 Å². The summed E-state index contributed by atoms with van der Waals surface area (Å²) in [6.07, 6.45) is 25.6. The Morgan fingerprint density at radius 1 is 0.238 bits per heavy atom. The van der Waals surface area contributed by atoms with Crippen molar-refractivity contribution < 1.29 is 46.4 Å². The zero-order valence-corrected chi connectivity index (χ0v) is 28.9. The van der Waals surface area contributed by atoms with E-state index < -0.39 is 0 Å². The number of hydrogen-bond acceptors (Lipinski definition) is 8. The Morgan fingerprint density at radius 3 is 0.476 bits per heavy atom. The maximum Gasteiger partial charge on any atom is 1.00 e. The van der Waals surface area contributed by atoms with Crippen LogP contribution in [0.3, 0.4) is 0 Å². The summed E-state index contributed by atoms with van der Waals surface area (Å²) < 4.78 is 0. The summed E-state index contributed by atoms with van der Waals surface area (Å²) in [4.78, 5) is 0. The minimum Gasteiger partial charge on any atom is -1.00 e. The number of halogens is 1. The van der Waals surface area contributed by atoms with Crippen molar-refractivity contribution >= 4 is 0 Å². The SMILES string of the molecule is C1CCC2C3NC(NC4NC(NC5NC(NC6NC(N3)C3CCCCC63)C3CCCCC53)C3CCCCC43)C2C1.[Ag+].[I-]. The average Bonchev–Trinajstić information content (AvgIpc) is 3.73. The normalized spacial score (nSPS) is 54.9. The average molecular weight is 788 g/mol. The minimum atomic E-state index is 0. The molecule has 5 saturated heterocycles. The molecule has 5 heterocycles. The molecule has 10 heteroatoms. The van der Waals surface area contributed by atoms with Crippen molar-refractivity contribution in [3.8, 4) is 0 Å². The molecule has 9 fully saturated rings. The fourth-order valence-electron chi connectivity index (χ4n) is 12.0. The van der Waals surface area contributed by atoms with Crippen LogP contribution < -0.4 is 66.5 Å². The Hall–Kier alpha value is 1.15. The second kappa shape index (κ2) is 13.3. The number of fused-ring (bicyclic) bond motifs is 20. The zero-order valence-electron chi connectivity index (χ0n) is 25.2. The van der Waals surface area contributed by atoms with Crippen molar-refractivity contribution in [1.82, 2.24) is 42.5 Å². The van der Waals surface area contributed by atoms with Crippen LogP contribution in [0.4, 0.5) is 0 Å².